The van der Waals surface area contributed by atoms with Crippen molar-refractivity contribution >= 4 is 5.82 Å². The monoisotopic (exact) mass is 263 g/mol. The van der Waals surface area contributed by atoms with Gasteiger partial charge in [-0.3, -0.25) is 4.90 Å². The molecule has 104 valence electrons. The van der Waals surface area contributed by atoms with E-state index in [0.717, 1.165) is 38.0 Å². The molecule has 1 aromatic heterocycles. The average Bonchev–Trinajstić information content (AvgIpc) is 2.42. The fourth-order valence-corrected chi connectivity index (χ4v) is 3.36. The lowest BCUT2D eigenvalue weighted by Crippen LogP contribution is -2.61. The van der Waals surface area contributed by atoms with Crippen LogP contribution in [0.1, 0.15) is 24.8 Å². The van der Waals surface area contributed by atoms with Gasteiger partial charge in [-0.25, -0.2) is 4.98 Å². The molecule has 1 aliphatic carbocycles. The summed E-state index contributed by atoms with van der Waals surface area (Å²) < 4.78 is 0. The van der Waals surface area contributed by atoms with Crippen LogP contribution in [0.3, 0.4) is 0 Å². The van der Waals surface area contributed by atoms with E-state index < -0.39 is 0 Å². The summed E-state index contributed by atoms with van der Waals surface area (Å²) in [7, 11) is 0. The van der Waals surface area contributed by atoms with Crippen molar-refractivity contribution in [3.63, 3.8) is 0 Å². The Kier molecular flexibility index (Phi) is 3.20. The van der Waals surface area contributed by atoms with Gasteiger partial charge in [0.15, 0.2) is 0 Å². The molecule has 2 aliphatic rings. The molecular formula is C14H21N3O2. The van der Waals surface area contributed by atoms with Crippen molar-refractivity contribution in [1.82, 2.24) is 9.88 Å². The van der Waals surface area contributed by atoms with Gasteiger partial charge in [0.1, 0.15) is 5.82 Å². The van der Waals surface area contributed by atoms with Gasteiger partial charge in [-0.2, -0.15) is 0 Å². The molecule has 1 aromatic rings. The smallest absolute Gasteiger partial charge is 0.127 e. The Morgan fingerprint density at radius 2 is 2.00 bits per heavy atom. The predicted octanol–water partition coefficient (Wildman–Crippen LogP) is 0.371. The van der Waals surface area contributed by atoms with Crippen LogP contribution in [-0.4, -0.2) is 45.4 Å². The fourth-order valence-electron chi connectivity index (χ4n) is 3.36. The first kappa shape index (κ1) is 12.8. The summed E-state index contributed by atoms with van der Waals surface area (Å²) in [5.41, 5.74) is 6.66. The molecule has 1 aliphatic heterocycles. The first-order valence-corrected chi connectivity index (χ1v) is 6.90. The van der Waals surface area contributed by atoms with E-state index in [1.807, 2.05) is 12.1 Å². The first-order chi connectivity index (χ1) is 9.12. The number of nitrogen functional groups attached to an aromatic ring is 1. The highest BCUT2D eigenvalue weighted by Crippen LogP contribution is 2.49. The fraction of sp³-hybridized carbons (Fsp3) is 0.643. The molecule has 0 unspecified atom stereocenters. The van der Waals surface area contributed by atoms with Crippen molar-refractivity contribution in [2.75, 3.05) is 18.8 Å². The van der Waals surface area contributed by atoms with Crippen molar-refractivity contribution in [3.8, 4) is 0 Å². The molecule has 0 aromatic carbocycles. The van der Waals surface area contributed by atoms with Crippen molar-refractivity contribution < 1.29 is 10.2 Å². The SMILES string of the molecule is Nc1ncccc1CN1CCC2(CC1)[C@H](O)C[C@@H]2O. The van der Waals surface area contributed by atoms with Crippen LogP contribution in [0, 0.1) is 5.41 Å². The molecule has 0 radical (unpaired) electrons. The van der Waals surface area contributed by atoms with E-state index in [1.165, 1.54) is 0 Å². The van der Waals surface area contributed by atoms with E-state index in [2.05, 4.69) is 9.88 Å². The van der Waals surface area contributed by atoms with Crippen LogP contribution >= 0.6 is 0 Å². The Hall–Kier alpha value is -1.17. The number of likely N-dealkylation sites (tertiary alicyclic amines) is 1. The number of aliphatic hydroxyl groups is 2. The lowest BCUT2D eigenvalue weighted by molar-refractivity contribution is -0.190. The van der Waals surface area contributed by atoms with Crippen LogP contribution in [0.2, 0.25) is 0 Å². The lowest BCUT2D eigenvalue weighted by atomic mass is 9.58. The van der Waals surface area contributed by atoms with Crippen molar-refractivity contribution in [2.45, 2.75) is 38.0 Å². The minimum Gasteiger partial charge on any atom is -0.392 e. The molecule has 2 fully saturated rings. The Morgan fingerprint density at radius 3 is 2.58 bits per heavy atom. The van der Waals surface area contributed by atoms with Crippen LogP contribution in [0.5, 0.6) is 0 Å². The number of nitrogens with two attached hydrogens (primary N) is 1. The molecule has 2 heterocycles. The summed E-state index contributed by atoms with van der Waals surface area (Å²) >= 11 is 0. The lowest BCUT2D eigenvalue weighted by Gasteiger charge is -2.55. The number of pyridine rings is 1. The molecule has 1 spiro atoms. The highest BCUT2D eigenvalue weighted by atomic mass is 16.3. The number of anilines is 1. The summed E-state index contributed by atoms with van der Waals surface area (Å²) in [6, 6.07) is 3.90. The van der Waals surface area contributed by atoms with Gasteiger partial charge in [-0.15, -0.1) is 0 Å². The molecule has 5 heteroatoms. The van der Waals surface area contributed by atoms with E-state index >= 15 is 0 Å². The molecular weight excluding hydrogens is 242 g/mol. The Bertz CT molecular complexity index is 448. The van der Waals surface area contributed by atoms with Gasteiger partial charge in [0, 0.05) is 30.1 Å². The average molecular weight is 263 g/mol. The van der Waals surface area contributed by atoms with E-state index in [-0.39, 0.29) is 17.6 Å². The number of piperidine rings is 1. The normalized spacial score (nSPS) is 30.2. The maximum Gasteiger partial charge on any atom is 0.127 e. The number of rotatable bonds is 2. The first-order valence-electron chi connectivity index (χ1n) is 6.90. The molecule has 1 saturated heterocycles. The molecule has 4 N–H and O–H groups in total. The molecule has 0 amide bonds. The Morgan fingerprint density at radius 1 is 1.32 bits per heavy atom. The summed E-state index contributed by atoms with van der Waals surface area (Å²) in [4.78, 5) is 6.41. The zero-order valence-electron chi connectivity index (χ0n) is 11.0. The summed E-state index contributed by atoms with van der Waals surface area (Å²) in [6.07, 6.45) is 3.30. The maximum absolute atomic E-state index is 9.91. The third kappa shape index (κ3) is 2.12. The number of nitrogens with zero attached hydrogens (tertiary/aromatic N) is 2. The highest BCUT2D eigenvalue weighted by molar-refractivity contribution is 5.38. The van der Waals surface area contributed by atoms with Crippen molar-refractivity contribution in [1.29, 1.82) is 0 Å². The van der Waals surface area contributed by atoms with Crippen LogP contribution in [0.15, 0.2) is 18.3 Å². The molecule has 3 rings (SSSR count). The van der Waals surface area contributed by atoms with Gasteiger partial charge in [0.25, 0.3) is 0 Å². The summed E-state index contributed by atoms with van der Waals surface area (Å²) in [5.74, 6) is 0.589. The molecule has 2 atom stereocenters. The zero-order chi connectivity index (χ0) is 13.5. The second-order valence-electron chi connectivity index (χ2n) is 5.82. The minimum absolute atomic E-state index is 0.239. The van der Waals surface area contributed by atoms with Crippen LogP contribution < -0.4 is 5.73 Å². The molecule has 0 bridgehead atoms. The number of hydrogen-bond acceptors (Lipinski definition) is 5. The second-order valence-corrected chi connectivity index (χ2v) is 5.82. The van der Waals surface area contributed by atoms with Gasteiger partial charge in [-0.05, 0) is 32.0 Å². The zero-order valence-corrected chi connectivity index (χ0v) is 11.0. The predicted molar refractivity (Wildman–Crippen MR) is 72.2 cm³/mol. The van der Waals surface area contributed by atoms with Crippen LogP contribution in [0.25, 0.3) is 0 Å². The van der Waals surface area contributed by atoms with Crippen LogP contribution in [-0.2, 0) is 6.54 Å². The van der Waals surface area contributed by atoms with Crippen molar-refractivity contribution in [2.24, 2.45) is 5.41 Å². The number of hydrogen-bond donors (Lipinski definition) is 3. The van der Waals surface area contributed by atoms with Gasteiger partial charge in [0.05, 0.1) is 12.2 Å². The Balaban J connectivity index is 1.61. The van der Waals surface area contributed by atoms with Gasteiger partial charge in [-0.1, -0.05) is 6.07 Å². The largest absolute Gasteiger partial charge is 0.392 e. The summed E-state index contributed by atoms with van der Waals surface area (Å²) in [5, 5.41) is 19.8. The standard InChI is InChI=1S/C14H21N3O2/c15-13-10(2-1-5-16-13)9-17-6-3-14(4-7-17)11(18)8-12(14)19/h1-2,5,11-12,18-19H,3-4,6-9H2,(H2,15,16)/t11-,12+. The van der Waals surface area contributed by atoms with Crippen LogP contribution in [0.4, 0.5) is 5.82 Å². The van der Waals surface area contributed by atoms with Gasteiger partial charge < -0.3 is 15.9 Å². The van der Waals surface area contributed by atoms with E-state index in [0.29, 0.717) is 12.2 Å². The minimum atomic E-state index is -0.326. The van der Waals surface area contributed by atoms with Gasteiger partial charge >= 0.3 is 0 Å². The molecule has 1 saturated carbocycles. The topological polar surface area (TPSA) is 82.6 Å². The Labute approximate surface area is 113 Å². The third-order valence-electron chi connectivity index (χ3n) is 4.88. The maximum atomic E-state index is 9.91. The molecule has 5 nitrogen and oxygen atoms in total. The third-order valence-corrected chi connectivity index (χ3v) is 4.88. The quantitative estimate of drug-likeness (QED) is 0.718. The number of aromatic nitrogens is 1. The highest BCUT2D eigenvalue weighted by Gasteiger charge is 2.54. The van der Waals surface area contributed by atoms with E-state index in [4.69, 9.17) is 5.73 Å². The second kappa shape index (κ2) is 4.74. The number of aliphatic hydroxyl groups excluding tert-OH is 2. The summed E-state index contributed by atoms with van der Waals surface area (Å²) in [6.45, 7) is 2.58. The van der Waals surface area contributed by atoms with E-state index in [1.54, 1.807) is 6.20 Å². The molecule has 19 heavy (non-hydrogen) atoms. The van der Waals surface area contributed by atoms with E-state index in [9.17, 15) is 10.2 Å². The van der Waals surface area contributed by atoms with Crippen molar-refractivity contribution in [3.05, 3.63) is 23.9 Å². The van der Waals surface area contributed by atoms with Gasteiger partial charge in [0.2, 0.25) is 0 Å².